The van der Waals surface area contributed by atoms with Crippen molar-refractivity contribution in [2.24, 2.45) is 0 Å². The molecule has 3 heteroatoms. The maximum Gasteiger partial charge on any atom is 0.252 e. The van der Waals surface area contributed by atoms with E-state index in [-0.39, 0.29) is 5.91 Å². The lowest BCUT2D eigenvalue weighted by molar-refractivity contribution is -0.120. The fourth-order valence-electron chi connectivity index (χ4n) is 1.18. The first-order valence-corrected chi connectivity index (χ1v) is 4.51. The van der Waals surface area contributed by atoms with Crippen LogP contribution in [0.15, 0.2) is 18.2 Å². The molecule has 0 aliphatic heterocycles. The Morgan fingerprint density at radius 2 is 2.00 bits per heavy atom. The maximum absolute atomic E-state index is 11.2. The van der Waals surface area contributed by atoms with Crippen molar-refractivity contribution in [2.45, 2.75) is 13.8 Å². The topological polar surface area (TPSA) is 40.5 Å². The number of benzene rings is 1. The molecule has 0 bridgehead atoms. The number of aliphatic hydroxyl groups is 1. The highest BCUT2D eigenvalue weighted by molar-refractivity contribution is 5.93. The molecule has 0 saturated heterocycles. The lowest BCUT2D eigenvalue weighted by Gasteiger charge is -2.17. The van der Waals surface area contributed by atoms with Gasteiger partial charge < -0.3 is 10.0 Å². The van der Waals surface area contributed by atoms with Crippen LogP contribution in [0, 0.1) is 13.8 Å². The molecule has 1 aromatic rings. The minimum atomic E-state index is -0.455. The average molecular weight is 193 g/mol. The Morgan fingerprint density at radius 3 is 2.50 bits per heavy atom. The van der Waals surface area contributed by atoms with Gasteiger partial charge in [0.2, 0.25) is 0 Å². The second-order valence-electron chi connectivity index (χ2n) is 3.38. The zero-order valence-electron chi connectivity index (χ0n) is 8.74. The molecule has 1 rings (SSSR count). The van der Waals surface area contributed by atoms with Gasteiger partial charge in [0.1, 0.15) is 6.61 Å². The number of aryl methyl sites for hydroxylation is 2. The van der Waals surface area contributed by atoms with E-state index in [0.717, 1.165) is 11.3 Å². The summed E-state index contributed by atoms with van der Waals surface area (Å²) in [7, 11) is 1.66. The third-order valence-corrected chi connectivity index (χ3v) is 2.39. The molecule has 14 heavy (non-hydrogen) atoms. The summed E-state index contributed by atoms with van der Waals surface area (Å²) in [5.41, 5.74) is 3.14. The van der Waals surface area contributed by atoms with Crippen LogP contribution in [-0.4, -0.2) is 24.7 Å². The van der Waals surface area contributed by atoms with Gasteiger partial charge in [-0.2, -0.15) is 0 Å². The highest BCUT2D eigenvalue weighted by Crippen LogP contribution is 2.17. The first kappa shape index (κ1) is 10.7. The Morgan fingerprint density at radius 1 is 1.36 bits per heavy atom. The minimum absolute atomic E-state index is 0.298. The van der Waals surface area contributed by atoms with Crippen molar-refractivity contribution in [3.8, 4) is 0 Å². The zero-order chi connectivity index (χ0) is 10.7. The highest BCUT2D eigenvalue weighted by Gasteiger charge is 2.09. The number of hydrogen-bond acceptors (Lipinski definition) is 2. The predicted octanol–water partition coefficient (Wildman–Crippen LogP) is 1.26. The number of aliphatic hydroxyl groups excluding tert-OH is 1. The molecule has 1 aromatic carbocycles. The molecule has 0 fully saturated rings. The summed E-state index contributed by atoms with van der Waals surface area (Å²) >= 11 is 0. The Kier molecular flexibility index (Phi) is 3.25. The van der Waals surface area contributed by atoms with Crippen LogP contribution in [0.1, 0.15) is 11.1 Å². The largest absolute Gasteiger partial charge is 0.387 e. The summed E-state index contributed by atoms with van der Waals surface area (Å²) in [5.74, 6) is -0.298. The average Bonchev–Trinajstić information content (AvgIpc) is 2.20. The number of anilines is 1. The SMILES string of the molecule is Cc1ccc(N(C)C(=O)CO)cc1C. The molecular weight excluding hydrogens is 178 g/mol. The van der Waals surface area contributed by atoms with E-state index in [1.807, 2.05) is 32.0 Å². The van der Waals surface area contributed by atoms with Gasteiger partial charge in [-0.3, -0.25) is 4.79 Å². The fraction of sp³-hybridized carbons (Fsp3) is 0.364. The van der Waals surface area contributed by atoms with Crippen LogP contribution in [-0.2, 0) is 4.79 Å². The first-order chi connectivity index (χ1) is 6.56. The summed E-state index contributed by atoms with van der Waals surface area (Å²) < 4.78 is 0. The number of carbonyl (C=O) groups is 1. The van der Waals surface area contributed by atoms with Gasteiger partial charge in [-0.25, -0.2) is 0 Å². The number of likely N-dealkylation sites (N-methyl/N-ethyl adjacent to an activating group) is 1. The van der Waals surface area contributed by atoms with Crippen molar-refractivity contribution >= 4 is 11.6 Å². The van der Waals surface area contributed by atoms with Crippen LogP contribution >= 0.6 is 0 Å². The molecule has 0 aromatic heterocycles. The molecule has 0 atom stereocenters. The van der Waals surface area contributed by atoms with Crippen molar-refractivity contribution in [1.29, 1.82) is 0 Å². The van der Waals surface area contributed by atoms with Crippen LogP contribution < -0.4 is 4.90 Å². The van der Waals surface area contributed by atoms with Crippen LogP contribution in [0.25, 0.3) is 0 Å². The Bertz CT molecular complexity index is 347. The molecule has 1 N–H and O–H groups in total. The van der Waals surface area contributed by atoms with Gasteiger partial charge in [0, 0.05) is 12.7 Å². The maximum atomic E-state index is 11.2. The number of hydrogen-bond donors (Lipinski definition) is 1. The Labute approximate surface area is 84.0 Å². The molecule has 0 aliphatic rings. The van der Waals surface area contributed by atoms with E-state index in [1.54, 1.807) is 7.05 Å². The predicted molar refractivity (Wildman–Crippen MR) is 56.4 cm³/mol. The van der Waals surface area contributed by atoms with Crippen molar-refractivity contribution < 1.29 is 9.90 Å². The Balaban J connectivity index is 2.96. The standard InChI is InChI=1S/C11H15NO2/c1-8-4-5-10(6-9(8)2)12(3)11(14)7-13/h4-6,13H,7H2,1-3H3. The highest BCUT2D eigenvalue weighted by atomic mass is 16.3. The van der Waals surface area contributed by atoms with Crippen molar-refractivity contribution in [3.05, 3.63) is 29.3 Å². The van der Waals surface area contributed by atoms with E-state index in [4.69, 9.17) is 5.11 Å². The fourth-order valence-corrected chi connectivity index (χ4v) is 1.18. The number of amides is 1. The van der Waals surface area contributed by atoms with Gasteiger partial charge in [0.05, 0.1) is 0 Å². The molecule has 0 radical (unpaired) electrons. The third kappa shape index (κ3) is 2.12. The summed E-state index contributed by atoms with van der Waals surface area (Å²) in [6.07, 6.45) is 0. The monoisotopic (exact) mass is 193 g/mol. The van der Waals surface area contributed by atoms with Crippen LogP contribution in [0.2, 0.25) is 0 Å². The van der Waals surface area contributed by atoms with Gasteiger partial charge in [0.15, 0.2) is 0 Å². The molecule has 0 heterocycles. The molecule has 3 nitrogen and oxygen atoms in total. The number of rotatable bonds is 2. The molecule has 0 aliphatic carbocycles. The summed E-state index contributed by atoms with van der Waals surface area (Å²) in [4.78, 5) is 12.6. The molecule has 0 spiro atoms. The van der Waals surface area contributed by atoms with E-state index >= 15 is 0 Å². The number of carbonyl (C=O) groups excluding carboxylic acids is 1. The minimum Gasteiger partial charge on any atom is -0.387 e. The van der Waals surface area contributed by atoms with Gasteiger partial charge in [-0.15, -0.1) is 0 Å². The van der Waals surface area contributed by atoms with E-state index < -0.39 is 6.61 Å². The quantitative estimate of drug-likeness (QED) is 0.768. The van der Waals surface area contributed by atoms with E-state index in [1.165, 1.54) is 10.5 Å². The summed E-state index contributed by atoms with van der Waals surface area (Å²) in [5, 5.41) is 8.70. The van der Waals surface area contributed by atoms with Gasteiger partial charge >= 0.3 is 0 Å². The van der Waals surface area contributed by atoms with Crippen LogP contribution in [0.5, 0.6) is 0 Å². The van der Waals surface area contributed by atoms with Crippen molar-refractivity contribution in [2.75, 3.05) is 18.6 Å². The normalized spacial score (nSPS) is 10.0. The van der Waals surface area contributed by atoms with Gasteiger partial charge in [-0.1, -0.05) is 6.07 Å². The van der Waals surface area contributed by atoms with Crippen molar-refractivity contribution in [1.82, 2.24) is 0 Å². The third-order valence-electron chi connectivity index (χ3n) is 2.39. The lowest BCUT2D eigenvalue weighted by Crippen LogP contribution is -2.28. The van der Waals surface area contributed by atoms with E-state index in [2.05, 4.69) is 0 Å². The second-order valence-corrected chi connectivity index (χ2v) is 3.38. The summed E-state index contributed by atoms with van der Waals surface area (Å²) in [6.45, 7) is 3.56. The van der Waals surface area contributed by atoms with Crippen molar-refractivity contribution in [3.63, 3.8) is 0 Å². The van der Waals surface area contributed by atoms with Gasteiger partial charge in [-0.05, 0) is 37.1 Å². The van der Waals surface area contributed by atoms with E-state index in [9.17, 15) is 4.79 Å². The smallest absolute Gasteiger partial charge is 0.252 e. The Hall–Kier alpha value is -1.35. The molecule has 0 unspecified atom stereocenters. The molecular formula is C11H15NO2. The number of nitrogens with zero attached hydrogens (tertiary/aromatic N) is 1. The molecule has 0 saturated carbocycles. The van der Waals surface area contributed by atoms with Gasteiger partial charge in [0.25, 0.3) is 5.91 Å². The molecule has 76 valence electrons. The first-order valence-electron chi connectivity index (χ1n) is 4.51. The zero-order valence-corrected chi connectivity index (χ0v) is 8.74. The van der Waals surface area contributed by atoms with E-state index in [0.29, 0.717) is 0 Å². The lowest BCUT2D eigenvalue weighted by atomic mass is 10.1. The van der Waals surface area contributed by atoms with Crippen LogP contribution in [0.4, 0.5) is 5.69 Å². The second kappa shape index (κ2) is 4.24. The molecule has 1 amide bonds. The van der Waals surface area contributed by atoms with Crippen LogP contribution in [0.3, 0.4) is 0 Å². The summed E-state index contributed by atoms with van der Waals surface area (Å²) in [6, 6.07) is 5.77.